The van der Waals surface area contributed by atoms with Gasteiger partial charge in [0.25, 0.3) is 5.91 Å². The minimum Gasteiger partial charge on any atom is -0.493 e. The highest BCUT2D eigenvalue weighted by molar-refractivity contribution is 5.96. The van der Waals surface area contributed by atoms with Crippen LogP contribution in [0.25, 0.3) is 0 Å². The second-order valence-electron chi connectivity index (χ2n) is 5.35. The highest BCUT2D eigenvalue weighted by atomic mass is 16.5. The number of esters is 1. The van der Waals surface area contributed by atoms with E-state index in [1.807, 2.05) is 39.0 Å². The first-order valence-corrected chi connectivity index (χ1v) is 7.77. The Bertz CT molecular complexity index is 740. The molecule has 0 fully saturated rings. The van der Waals surface area contributed by atoms with E-state index in [2.05, 4.69) is 5.32 Å². The van der Waals surface area contributed by atoms with Crippen LogP contribution in [0.3, 0.4) is 0 Å². The molecule has 0 aliphatic heterocycles. The molecular weight excluding hydrogens is 306 g/mol. The molecule has 0 saturated heterocycles. The SMILES string of the molecule is CCOc1ccccc1C(=O)OCC(=O)Nc1ccc(C)c(C)c1. The van der Waals surface area contributed by atoms with E-state index in [0.717, 1.165) is 11.1 Å². The van der Waals surface area contributed by atoms with Gasteiger partial charge in [-0.25, -0.2) is 4.79 Å². The Kier molecular flexibility index (Phi) is 5.95. The summed E-state index contributed by atoms with van der Waals surface area (Å²) in [7, 11) is 0. The van der Waals surface area contributed by atoms with E-state index in [1.54, 1.807) is 24.3 Å². The first-order valence-electron chi connectivity index (χ1n) is 7.77. The van der Waals surface area contributed by atoms with Crippen LogP contribution < -0.4 is 10.1 Å². The number of carbonyl (C=O) groups is 2. The van der Waals surface area contributed by atoms with E-state index in [9.17, 15) is 9.59 Å². The second kappa shape index (κ2) is 8.15. The predicted octanol–water partition coefficient (Wildman–Crippen LogP) is 3.50. The third-order valence-corrected chi connectivity index (χ3v) is 3.53. The minimum absolute atomic E-state index is 0.304. The smallest absolute Gasteiger partial charge is 0.342 e. The van der Waals surface area contributed by atoms with Crippen molar-refractivity contribution in [2.24, 2.45) is 0 Å². The summed E-state index contributed by atoms with van der Waals surface area (Å²) in [6, 6.07) is 12.4. The first kappa shape index (κ1) is 17.5. The van der Waals surface area contributed by atoms with Crippen molar-refractivity contribution in [2.45, 2.75) is 20.8 Å². The predicted molar refractivity (Wildman–Crippen MR) is 92.4 cm³/mol. The third-order valence-electron chi connectivity index (χ3n) is 3.53. The van der Waals surface area contributed by atoms with E-state index < -0.39 is 5.97 Å². The number of benzene rings is 2. The number of rotatable bonds is 6. The molecule has 2 rings (SSSR count). The van der Waals surface area contributed by atoms with Crippen LogP contribution >= 0.6 is 0 Å². The third kappa shape index (κ3) is 4.59. The van der Waals surface area contributed by atoms with E-state index in [1.165, 1.54) is 0 Å². The number of nitrogens with one attached hydrogen (secondary N) is 1. The summed E-state index contributed by atoms with van der Waals surface area (Å²) >= 11 is 0. The molecule has 0 saturated carbocycles. The maximum absolute atomic E-state index is 12.1. The molecule has 0 heterocycles. The van der Waals surface area contributed by atoms with Gasteiger partial charge in [0.15, 0.2) is 6.61 Å². The summed E-state index contributed by atoms with van der Waals surface area (Å²) in [5.74, 6) is -0.533. The van der Waals surface area contributed by atoms with Crippen LogP contribution in [0.2, 0.25) is 0 Å². The van der Waals surface area contributed by atoms with Crippen molar-refractivity contribution in [3.63, 3.8) is 0 Å². The van der Waals surface area contributed by atoms with E-state index in [0.29, 0.717) is 23.6 Å². The Hall–Kier alpha value is -2.82. The molecule has 0 bridgehead atoms. The lowest BCUT2D eigenvalue weighted by Gasteiger charge is -2.10. The van der Waals surface area contributed by atoms with Crippen molar-refractivity contribution < 1.29 is 19.1 Å². The summed E-state index contributed by atoms with van der Waals surface area (Å²) in [6.07, 6.45) is 0. The Labute approximate surface area is 141 Å². The quantitative estimate of drug-likeness (QED) is 0.825. The van der Waals surface area contributed by atoms with Gasteiger partial charge in [0, 0.05) is 5.69 Å². The molecule has 5 nitrogen and oxygen atoms in total. The van der Waals surface area contributed by atoms with Gasteiger partial charge < -0.3 is 14.8 Å². The van der Waals surface area contributed by atoms with Gasteiger partial charge in [0.05, 0.1) is 6.61 Å². The molecule has 0 radical (unpaired) electrons. The average Bonchev–Trinajstić information content (AvgIpc) is 2.57. The fourth-order valence-corrected chi connectivity index (χ4v) is 2.14. The van der Waals surface area contributed by atoms with Crippen molar-refractivity contribution in [3.05, 3.63) is 59.2 Å². The molecule has 1 N–H and O–H groups in total. The largest absolute Gasteiger partial charge is 0.493 e. The van der Waals surface area contributed by atoms with Crippen LogP contribution in [0.4, 0.5) is 5.69 Å². The van der Waals surface area contributed by atoms with Gasteiger partial charge in [0.1, 0.15) is 11.3 Å². The number of para-hydroxylation sites is 1. The molecule has 0 unspecified atom stereocenters. The topological polar surface area (TPSA) is 64.6 Å². The maximum atomic E-state index is 12.1. The van der Waals surface area contributed by atoms with Crippen LogP contribution in [0.15, 0.2) is 42.5 Å². The van der Waals surface area contributed by atoms with Crippen LogP contribution in [0.1, 0.15) is 28.4 Å². The molecule has 1 amide bonds. The molecule has 5 heteroatoms. The molecule has 2 aromatic carbocycles. The lowest BCUT2D eigenvalue weighted by molar-refractivity contribution is -0.119. The number of aryl methyl sites for hydroxylation is 2. The monoisotopic (exact) mass is 327 g/mol. The molecule has 0 spiro atoms. The second-order valence-corrected chi connectivity index (χ2v) is 5.35. The molecule has 0 atom stereocenters. The van der Waals surface area contributed by atoms with Crippen molar-refractivity contribution >= 4 is 17.6 Å². The fourth-order valence-electron chi connectivity index (χ4n) is 2.14. The number of amides is 1. The number of hydrogen-bond acceptors (Lipinski definition) is 4. The van der Waals surface area contributed by atoms with Crippen LogP contribution in [-0.2, 0) is 9.53 Å². The zero-order valence-corrected chi connectivity index (χ0v) is 14.1. The van der Waals surface area contributed by atoms with Gasteiger partial charge in [-0.15, -0.1) is 0 Å². The van der Waals surface area contributed by atoms with Crippen molar-refractivity contribution in [1.82, 2.24) is 0 Å². The van der Waals surface area contributed by atoms with Crippen molar-refractivity contribution in [3.8, 4) is 5.75 Å². The zero-order chi connectivity index (χ0) is 17.5. The van der Waals surface area contributed by atoms with Gasteiger partial charge in [-0.3, -0.25) is 4.79 Å². The summed E-state index contributed by atoms with van der Waals surface area (Å²) in [5, 5.41) is 2.71. The van der Waals surface area contributed by atoms with Crippen LogP contribution in [-0.4, -0.2) is 25.1 Å². The highest BCUT2D eigenvalue weighted by Gasteiger charge is 2.15. The molecular formula is C19H21NO4. The Balaban J connectivity index is 1.94. The fraction of sp³-hybridized carbons (Fsp3) is 0.263. The summed E-state index contributed by atoms with van der Waals surface area (Å²) < 4.78 is 10.5. The van der Waals surface area contributed by atoms with Crippen molar-refractivity contribution in [1.29, 1.82) is 0 Å². The van der Waals surface area contributed by atoms with Gasteiger partial charge in [0.2, 0.25) is 0 Å². The Morgan fingerprint density at radius 2 is 1.79 bits per heavy atom. The molecule has 0 aromatic heterocycles. The van der Waals surface area contributed by atoms with E-state index in [4.69, 9.17) is 9.47 Å². The summed E-state index contributed by atoms with van der Waals surface area (Å²) in [4.78, 5) is 24.0. The lowest BCUT2D eigenvalue weighted by atomic mass is 10.1. The number of carbonyl (C=O) groups excluding carboxylic acids is 2. The minimum atomic E-state index is -0.589. The normalized spacial score (nSPS) is 10.1. The Morgan fingerprint density at radius 1 is 1.04 bits per heavy atom. The lowest BCUT2D eigenvalue weighted by Crippen LogP contribution is -2.21. The maximum Gasteiger partial charge on any atom is 0.342 e. The van der Waals surface area contributed by atoms with E-state index >= 15 is 0 Å². The molecule has 24 heavy (non-hydrogen) atoms. The van der Waals surface area contributed by atoms with Gasteiger partial charge >= 0.3 is 5.97 Å². The molecule has 126 valence electrons. The molecule has 2 aromatic rings. The first-order chi connectivity index (χ1) is 11.5. The van der Waals surface area contributed by atoms with Gasteiger partial charge in [-0.05, 0) is 56.2 Å². The van der Waals surface area contributed by atoms with Gasteiger partial charge in [-0.1, -0.05) is 18.2 Å². The number of ether oxygens (including phenoxy) is 2. The van der Waals surface area contributed by atoms with Crippen LogP contribution in [0.5, 0.6) is 5.75 Å². The zero-order valence-electron chi connectivity index (χ0n) is 14.1. The Morgan fingerprint density at radius 3 is 2.50 bits per heavy atom. The standard InChI is InChI=1S/C19H21NO4/c1-4-23-17-8-6-5-7-16(17)19(22)24-12-18(21)20-15-10-9-13(2)14(3)11-15/h5-11H,4,12H2,1-3H3,(H,20,21). The summed E-state index contributed by atoms with van der Waals surface area (Å²) in [6.45, 7) is 5.89. The molecule has 0 aliphatic carbocycles. The molecule has 0 aliphatic rings. The van der Waals surface area contributed by atoms with Crippen LogP contribution in [0, 0.1) is 13.8 Å². The highest BCUT2D eigenvalue weighted by Crippen LogP contribution is 2.19. The van der Waals surface area contributed by atoms with Crippen molar-refractivity contribution in [2.75, 3.05) is 18.5 Å². The average molecular weight is 327 g/mol. The number of hydrogen-bond donors (Lipinski definition) is 1. The van der Waals surface area contributed by atoms with Gasteiger partial charge in [-0.2, -0.15) is 0 Å². The number of anilines is 1. The summed E-state index contributed by atoms with van der Waals surface area (Å²) in [5.41, 5.74) is 3.20. The van der Waals surface area contributed by atoms with E-state index in [-0.39, 0.29) is 12.5 Å².